The summed E-state index contributed by atoms with van der Waals surface area (Å²) in [5, 5.41) is 0.789. The minimum atomic E-state index is 0.353. The van der Waals surface area contributed by atoms with Crippen LogP contribution in [0.2, 0.25) is 0 Å². The van der Waals surface area contributed by atoms with Crippen LogP contribution in [0.1, 0.15) is 16.7 Å². The van der Waals surface area contributed by atoms with Gasteiger partial charge in [-0.25, -0.2) is 0 Å². The molecule has 0 saturated heterocycles. The average molecular weight is 243 g/mol. The van der Waals surface area contributed by atoms with E-state index in [1.54, 1.807) is 0 Å². The second-order valence-corrected chi connectivity index (χ2v) is 3.31. The van der Waals surface area contributed by atoms with Crippen LogP contribution in [0.15, 0.2) is 18.2 Å². The first-order valence-electron chi connectivity index (χ1n) is 3.98. The van der Waals surface area contributed by atoms with Crippen LogP contribution in [0.3, 0.4) is 0 Å². The number of alkyl halides is 1. The van der Waals surface area contributed by atoms with Crippen molar-refractivity contribution in [2.45, 2.75) is 18.9 Å². The number of carbonyl (C=O) groups is 1. The van der Waals surface area contributed by atoms with E-state index < -0.39 is 0 Å². The first kappa shape index (κ1) is 10.3. The predicted molar refractivity (Wildman–Crippen MR) is 54.7 cm³/mol. The molecule has 1 aromatic carbocycles. The summed E-state index contributed by atoms with van der Waals surface area (Å²) in [5.74, 6) is 0. The highest BCUT2D eigenvalue weighted by atomic mass is 79.9. The van der Waals surface area contributed by atoms with Gasteiger partial charge < -0.3 is 4.74 Å². The molecule has 0 N–H and O–H groups in total. The minimum absolute atomic E-state index is 0.353. The Morgan fingerprint density at radius 3 is 2.92 bits per heavy atom. The van der Waals surface area contributed by atoms with E-state index in [0.717, 1.165) is 10.9 Å². The Kier molecular flexibility index (Phi) is 3.96. The van der Waals surface area contributed by atoms with Gasteiger partial charge >= 0.3 is 0 Å². The molecule has 0 aliphatic heterocycles. The molecule has 0 bridgehead atoms. The molecule has 1 rings (SSSR count). The van der Waals surface area contributed by atoms with E-state index in [4.69, 9.17) is 4.74 Å². The van der Waals surface area contributed by atoms with Crippen LogP contribution < -0.4 is 0 Å². The maximum Gasteiger partial charge on any atom is 0.293 e. The van der Waals surface area contributed by atoms with Gasteiger partial charge in [0.15, 0.2) is 0 Å². The normalized spacial score (nSPS) is 9.69. The first-order valence-corrected chi connectivity index (χ1v) is 5.10. The van der Waals surface area contributed by atoms with Crippen molar-refractivity contribution >= 4 is 22.4 Å². The second kappa shape index (κ2) is 5.02. The predicted octanol–water partition coefficient (Wildman–Crippen LogP) is 2.56. The smallest absolute Gasteiger partial charge is 0.293 e. The van der Waals surface area contributed by atoms with Gasteiger partial charge in [0, 0.05) is 5.33 Å². The number of rotatable bonds is 4. The molecule has 0 fully saturated rings. The van der Waals surface area contributed by atoms with E-state index >= 15 is 0 Å². The standard InChI is InChI=1S/C10H11BrO2/c1-8-3-2-4-9(6-13-7-12)10(8)5-11/h2-4,7H,5-6H2,1H3. The topological polar surface area (TPSA) is 26.3 Å². The fraction of sp³-hybridized carbons (Fsp3) is 0.300. The molecule has 3 heteroatoms. The Morgan fingerprint density at radius 2 is 2.31 bits per heavy atom. The molecule has 0 saturated carbocycles. The summed E-state index contributed by atoms with van der Waals surface area (Å²) in [6.45, 7) is 2.87. The first-order chi connectivity index (χ1) is 6.29. The lowest BCUT2D eigenvalue weighted by Crippen LogP contribution is -1.97. The van der Waals surface area contributed by atoms with Gasteiger partial charge in [-0.15, -0.1) is 0 Å². The largest absolute Gasteiger partial charge is 0.463 e. The molecule has 0 atom stereocenters. The van der Waals surface area contributed by atoms with Gasteiger partial charge in [0.05, 0.1) is 0 Å². The monoisotopic (exact) mass is 242 g/mol. The van der Waals surface area contributed by atoms with Gasteiger partial charge in [-0.2, -0.15) is 0 Å². The van der Waals surface area contributed by atoms with Gasteiger partial charge in [-0.05, 0) is 23.6 Å². The van der Waals surface area contributed by atoms with Crippen molar-refractivity contribution in [3.8, 4) is 0 Å². The molecule has 0 spiro atoms. The lowest BCUT2D eigenvalue weighted by molar-refractivity contribution is -0.129. The number of ether oxygens (including phenoxy) is 1. The third-order valence-electron chi connectivity index (χ3n) is 1.95. The number of benzene rings is 1. The van der Waals surface area contributed by atoms with Gasteiger partial charge in [-0.3, -0.25) is 4.79 Å². The molecule has 0 radical (unpaired) electrons. The Bertz CT molecular complexity index is 297. The van der Waals surface area contributed by atoms with E-state index in [1.165, 1.54) is 11.1 Å². The van der Waals surface area contributed by atoms with Crippen molar-refractivity contribution < 1.29 is 9.53 Å². The summed E-state index contributed by atoms with van der Waals surface area (Å²) in [4.78, 5) is 10.0. The van der Waals surface area contributed by atoms with Crippen molar-refractivity contribution in [1.29, 1.82) is 0 Å². The van der Waals surface area contributed by atoms with Crippen LogP contribution in [-0.4, -0.2) is 6.47 Å². The maximum atomic E-state index is 10.0. The number of hydrogen-bond acceptors (Lipinski definition) is 2. The third-order valence-corrected chi connectivity index (χ3v) is 2.51. The molecule has 2 nitrogen and oxygen atoms in total. The molecule has 13 heavy (non-hydrogen) atoms. The maximum absolute atomic E-state index is 10.0. The quantitative estimate of drug-likeness (QED) is 0.600. The highest BCUT2D eigenvalue weighted by Gasteiger charge is 2.03. The Hall–Kier alpha value is -0.830. The molecule has 0 unspecified atom stereocenters. The fourth-order valence-corrected chi connectivity index (χ4v) is 2.02. The molecular formula is C10H11BrO2. The van der Waals surface area contributed by atoms with Crippen LogP contribution in [0, 0.1) is 6.92 Å². The summed E-state index contributed by atoms with van der Waals surface area (Å²) >= 11 is 3.41. The molecule has 0 amide bonds. The van der Waals surface area contributed by atoms with E-state index in [0.29, 0.717) is 13.1 Å². The molecule has 0 heterocycles. The Morgan fingerprint density at radius 1 is 1.54 bits per heavy atom. The lowest BCUT2D eigenvalue weighted by atomic mass is 10.0. The fourth-order valence-electron chi connectivity index (χ4n) is 1.21. The van der Waals surface area contributed by atoms with Crippen molar-refractivity contribution in [1.82, 2.24) is 0 Å². The van der Waals surface area contributed by atoms with Gasteiger partial charge in [-0.1, -0.05) is 34.1 Å². The van der Waals surface area contributed by atoms with E-state index in [2.05, 4.69) is 15.9 Å². The van der Waals surface area contributed by atoms with Crippen LogP contribution in [0.25, 0.3) is 0 Å². The molecule has 0 aliphatic carbocycles. The highest BCUT2D eigenvalue weighted by Crippen LogP contribution is 2.17. The van der Waals surface area contributed by atoms with E-state index in [-0.39, 0.29) is 0 Å². The summed E-state index contributed by atoms with van der Waals surface area (Å²) in [7, 11) is 0. The number of halogens is 1. The van der Waals surface area contributed by atoms with Crippen LogP contribution >= 0.6 is 15.9 Å². The highest BCUT2D eigenvalue weighted by molar-refractivity contribution is 9.08. The zero-order valence-corrected chi connectivity index (χ0v) is 9.00. The summed E-state index contributed by atoms with van der Waals surface area (Å²) < 4.78 is 4.72. The summed E-state index contributed by atoms with van der Waals surface area (Å²) in [5.41, 5.74) is 3.47. The molecule has 70 valence electrons. The SMILES string of the molecule is Cc1cccc(COC=O)c1CBr. The van der Waals surface area contributed by atoms with Crippen LogP contribution in [0.4, 0.5) is 0 Å². The molecule has 0 aromatic heterocycles. The van der Waals surface area contributed by atoms with Gasteiger partial charge in [0.1, 0.15) is 6.61 Å². The van der Waals surface area contributed by atoms with Crippen molar-refractivity contribution in [2.24, 2.45) is 0 Å². The summed E-state index contributed by atoms with van der Waals surface area (Å²) in [6.07, 6.45) is 0. The number of aryl methyl sites for hydroxylation is 1. The van der Waals surface area contributed by atoms with Crippen molar-refractivity contribution in [2.75, 3.05) is 0 Å². The van der Waals surface area contributed by atoms with Crippen molar-refractivity contribution in [3.63, 3.8) is 0 Å². The third kappa shape index (κ3) is 2.56. The minimum Gasteiger partial charge on any atom is -0.463 e. The number of hydrogen-bond donors (Lipinski definition) is 0. The Labute approximate surface area is 86.0 Å². The van der Waals surface area contributed by atoms with Crippen LogP contribution in [-0.2, 0) is 21.5 Å². The van der Waals surface area contributed by atoms with E-state index in [9.17, 15) is 4.79 Å². The van der Waals surface area contributed by atoms with Gasteiger partial charge in [0.25, 0.3) is 6.47 Å². The molecular weight excluding hydrogens is 232 g/mol. The van der Waals surface area contributed by atoms with E-state index in [1.807, 2.05) is 25.1 Å². The Balaban J connectivity index is 2.91. The van der Waals surface area contributed by atoms with Crippen molar-refractivity contribution in [3.05, 3.63) is 34.9 Å². The summed E-state index contributed by atoms with van der Waals surface area (Å²) in [6, 6.07) is 5.97. The van der Waals surface area contributed by atoms with Crippen LogP contribution in [0.5, 0.6) is 0 Å². The molecule has 0 aliphatic rings. The number of carbonyl (C=O) groups excluding carboxylic acids is 1. The lowest BCUT2D eigenvalue weighted by Gasteiger charge is -2.08. The zero-order chi connectivity index (χ0) is 9.68. The average Bonchev–Trinajstić information content (AvgIpc) is 2.15. The second-order valence-electron chi connectivity index (χ2n) is 2.75. The van der Waals surface area contributed by atoms with Gasteiger partial charge in [0.2, 0.25) is 0 Å². The zero-order valence-electron chi connectivity index (χ0n) is 7.42. The molecule has 1 aromatic rings.